The van der Waals surface area contributed by atoms with E-state index in [0.717, 1.165) is 6.33 Å². The van der Waals surface area contributed by atoms with Crippen molar-refractivity contribution in [1.82, 2.24) is 19.5 Å². The minimum absolute atomic E-state index is 0.0653. The van der Waals surface area contributed by atoms with Crippen LogP contribution in [0.3, 0.4) is 0 Å². The van der Waals surface area contributed by atoms with Gasteiger partial charge in [-0.25, -0.2) is 19.3 Å². The molecule has 10 nitrogen and oxygen atoms in total. The SMILES string of the molecule is [2H][C@]1(O)[C@]([2H])(n2c(=O)[nH]c3c(N)ncnc32)O[C@H](CO)[C@@]1([2H])O. The Bertz CT molecular complexity index is 836. The Morgan fingerprint density at radius 3 is 2.90 bits per heavy atom. The molecule has 108 valence electrons. The van der Waals surface area contributed by atoms with E-state index in [-0.39, 0.29) is 17.0 Å². The number of nitrogens with two attached hydrogens (primary N) is 1. The molecule has 0 spiro atoms. The van der Waals surface area contributed by atoms with E-state index in [1.165, 1.54) is 0 Å². The Labute approximate surface area is 115 Å². The highest BCUT2D eigenvalue weighted by atomic mass is 16.6. The van der Waals surface area contributed by atoms with Crippen LogP contribution in [-0.2, 0) is 4.74 Å². The van der Waals surface area contributed by atoms with Crippen LogP contribution >= 0.6 is 0 Å². The second kappa shape index (κ2) is 4.52. The Morgan fingerprint density at radius 1 is 1.50 bits per heavy atom. The van der Waals surface area contributed by atoms with Gasteiger partial charge in [-0.1, -0.05) is 0 Å². The first-order valence-electron chi connectivity index (χ1n) is 7.03. The van der Waals surface area contributed by atoms with Crippen molar-refractivity contribution in [3.05, 3.63) is 16.8 Å². The summed E-state index contributed by atoms with van der Waals surface area (Å²) in [6.07, 6.45) is -10.2. The third kappa shape index (κ3) is 1.70. The largest absolute Gasteiger partial charge is 0.394 e. The average Bonchev–Trinajstić information content (AvgIpc) is 2.87. The molecule has 0 aromatic carbocycles. The number of hydrogen-bond acceptors (Lipinski definition) is 8. The smallest absolute Gasteiger partial charge is 0.330 e. The van der Waals surface area contributed by atoms with Crippen LogP contribution in [-0.4, -0.2) is 59.7 Å². The lowest BCUT2D eigenvalue weighted by Crippen LogP contribution is -2.34. The van der Waals surface area contributed by atoms with E-state index in [4.69, 9.17) is 19.7 Å². The summed E-state index contributed by atoms with van der Waals surface area (Å²) < 4.78 is 29.1. The van der Waals surface area contributed by atoms with E-state index in [1.54, 1.807) is 0 Å². The second-order valence-corrected chi connectivity index (χ2v) is 4.05. The molecule has 0 bridgehead atoms. The van der Waals surface area contributed by atoms with Gasteiger partial charge in [-0.3, -0.25) is 0 Å². The Morgan fingerprint density at radius 2 is 2.25 bits per heavy atom. The number of imidazole rings is 1. The van der Waals surface area contributed by atoms with Crippen molar-refractivity contribution in [3.8, 4) is 0 Å². The molecule has 1 saturated heterocycles. The number of nitrogens with one attached hydrogen (secondary N) is 1. The predicted octanol–water partition coefficient (Wildman–Crippen LogP) is -2.69. The average molecular weight is 286 g/mol. The zero-order valence-electron chi connectivity index (χ0n) is 12.9. The molecular formula is C10H13N5O5. The summed E-state index contributed by atoms with van der Waals surface area (Å²) in [5.74, 6) is -0.124. The van der Waals surface area contributed by atoms with Gasteiger partial charge in [0, 0.05) is 0 Å². The van der Waals surface area contributed by atoms with E-state index < -0.39 is 36.8 Å². The minimum Gasteiger partial charge on any atom is -0.394 e. The zero-order chi connectivity index (χ0) is 17.2. The fourth-order valence-corrected chi connectivity index (χ4v) is 1.92. The Kier molecular flexibility index (Phi) is 2.22. The van der Waals surface area contributed by atoms with Gasteiger partial charge in [0.15, 0.2) is 17.7 Å². The molecule has 2 aromatic heterocycles. The molecule has 1 fully saturated rings. The van der Waals surface area contributed by atoms with Crippen molar-refractivity contribution in [3.63, 3.8) is 0 Å². The van der Waals surface area contributed by atoms with Crippen LogP contribution in [0.4, 0.5) is 5.82 Å². The van der Waals surface area contributed by atoms with E-state index >= 15 is 0 Å². The highest BCUT2D eigenvalue weighted by Gasteiger charge is 2.44. The van der Waals surface area contributed by atoms with Gasteiger partial charge >= 0.3 is 5.69 Å². The van der Waals surface area contributed by atoms with Crippen LogP contribution in [0.1, 0.15) is 10.3 Å². The number of hydrogen-bond donors (Lipinski definition) is 5. The van der Waals surface area contributed by atoms with Crippen molar-refractivity contribution in [2.75, 3.05) is 12.3 Å². The maximum atomic E-state index is 12.2. The summed E-state index contributed by atoms with van der Waals surface area (Å²) in [4.78, 5) is 21.8. The second-order valence-electron chi connectivity index (χ2n) is 4.05. The highest BCUT2D eigenvalue weighted by molar-refractivity contribution is 5.81. The van der Waals surface area contributed by atoms with Gasteiger partial charge in [-0.05, 0) is 0 Å². The number of nitrogens with zero attached hydrogens (tertiary/aromatic N) is 3. The van der Waals surface area contributed by atoms with Crippen LogP contribution in [0.5, 0.6) is 0 Å². The quantitative estimate of drug-likeness (QED) is 0.399. The summed E-state index contributed by atoms with van der Waals surface area (Å²) in [7, 11) is 0. The zero-order valence-corrected chi connectivity index (χ0v) is 9.94. The number of aliphatic hydroxyl groups excluding tert-OH is 1. The number of H-pyrrole nitrogens is 1. The first-order chi connectivity index (χ1) is 10.6. The molecule has 3 heterocycles. The van der Waals surface area contributed by atoms with E-state index in [9.17, 15) is 15.0 Å². The van der Waals surface area contributed by atoms with Gasteiger partial charge < -0.3 is 30.8 Å². The number of nitrogen functional groups attached to an aromatic ring is 1. The summed E-state index contributed by atoms with van der Waals surface area (Å²) in [6, 6.07) is 0. The molecule has 0 saturated carbocycles. The van der Waals surface area contributed by atoms with Crippen molar-refractivity contribution in [1.29, 1.82) is 0 Å². The van der Waals surface area contributed by atoms with Gasteiger partial charge in [0.1, 0.15) is 30.1 Å². The van der Waals surface area contributed by atoms with E-state index in [1.807, 2.05) is 0 Å². The van der Waals surface area contributed by atoms with Crippen LogP contribution in [0.15, 0.2) is 11.1 Å². The molecule has 0 radical (unpaired) electrons. The summed E-state index contributed by atoms with van der Waals surface area (Å²) in [5, 5.41) is 29.4. The van der Waals surface area contributed by atoms with Crippen molar-refractivity contribution in [2.45, 2.75) is 24.5 Å². The summed E-state index contributed by atoms with van der Waals surface area (Å²) >= 11 is 0. The fourth-order valence-electron chi connectivity index (χ4n) is 1.92. The third-order valence-corrected chi connectivity index (χ3v) is 2.88. The number of aromatic nitrogens is 4. The van der Waals surface area contributed by atoms with Crippen molar-refractivity contribution < 1.29 is 24.2 Å². The van der Waals surface area contributed by atoms with Gasteiger partial charge in [0.2, 0.25) is 0 Å². The highest BCUT2D eigenvalue weighted by Crippen LogP contribution is 2.30. The maximum Gasteiger partial charge on any atom is 0.330 e. The van der Waals surface area contributed by atoms with Crippen molar-refractivity contribution in [2.24, 2.45) is 0 Å². The first-order valence-corrected chi connectivity index (χ1v) is 5.53. The molecule has 1 aliphatic heterocycles. The Hall–Kier alpha value is -2.01. The van der Waals surface area contributed by atoms with E-state index in [2.05, 4.69) is 15.0 Å². The van der Waals surface area contributed by atoms with E-state index in [0.29, 0.717) is 4.57 Å². The molecule has 10 heteroatoms. The normalized spacial score (nSPS) is 43.4. The molecule has 20 heavy (non-hydrogen) atoms. The third-order valence-electron chi connectivity index (χ3n) is 2.88. The molecule has 3 rings (SSSR count). The first kappa shape index (κ1) is 9.83. The predicted molar refractivity (Wildman–Crippen MR) is 65.6 cm³/mol. The topological polar surface area (TPSA) is 160 Å². The number of aliphatic hydroxyl groups is 3. The molecule has 0 aliphatic carbocycles. The Balaban J connectivity index is 2.32. The maximum absolute atomic E-state index is 12.2. The molecular weight excluding hydrogens is 270 g/mol. The summed E-state index contributed by atoms with van der Waals surface area (Å²) in [6.45, 7) is -0.962. The van der Waals surface area contributed by atoms with Gasteiger partial charge in [0.05, 0.1) is 10.7 Å². The summed E-state index contributed by atoms with van der Waals surface area (Å²) in [5.41, 5.74) is 4.23. The number of rotatable bonds is 2. The number of ether oxygens (including phenoxy) is 1. The monoisotopic (exact) mass is 286 g/mol. The molecule has 6 N–H and O–H groups in total. The lowest BCUT2D eigenvalue weighted by atomic mass is 10.1. The molecule has 0 unspecified atom stereocenters. The van der Waals surface area contributed by atoms with Gasteiger partial charge in [-0.2, -0.15) is 0 Å². The molecule has 2 aromatic rings. The minimum atomic E-state index is -3.33. The van der Waals surface area contributed by atoms with Crippen LogP contribution in [0.2, 0.25) is 0 Å². The molecule has 1 aliphatic rings. The molecule has 0 amide bonds. The number of anilines is 1. The van der Waals surface area contributed by atoms with Crippen LogP contribution in [0, 0.1) is 0 Å². The van der Waals surface area contributed by atoms with Gasteiger partial charge in [-0.15, -0.1) is 0 Å². The lowest BCUT2D eigenvalue weighted by molar-refractivity contribution is -0.0524. The lowest BCUT2D eigenvalue weighted by Gasteiger charge is -2.15. The standard InChI is InChI=1S/C10H13N5O5/c11-7-4-8(13-2-12-7)15(10(19)14-4)9-6(18)5(17)3(1-16)20-9/h2-3,5-6,9,16-18H,1H2,(H,14,19)(H2,11,12,13)/t3-,5-,6-,9-/m1/s1/i5D,6D,9D. The fraction of sp³-hybridized carbons (Fsp3) is 0.500. The van der Waals surface area contributed by atoms with Gasteiger partial charge in [0.25, 0.3) is 0 Å². The number of aromatic amines is 1. The van der Waals surface area contributed by atoms with Crippen LogP contribution in [0.25, 0.3) is 11.2 Å². The van der Waals surface area contributed by atoms with Crippen LogP contribution < -0.4 is 11.4 Å². The number of fused-ring (bicyclic) bond motifs is 1. The van der Waals surface area contributed by atoms with Crippen molar-refractivity contribution >= 4 is 17.0 Å². The molecule has 4 atom stereocenters.